The molecule has 11 aromatic rings. The summed E-state index contributed by atoms with van der Waals surface area (Å²) < 4.78 is 60.3. The van der Waals surface area contributed by atoms with Crippen LogP contribution in [0.2, 0.25) is 0 Å². The second kappa shape index (κ2) is 15.5. The predicted octanol–water partition coefficient (Wildman–Crippen LogP) is 16.4. The highest BCUT2D eigenvalue weighted by Crippen LogP contribution is 2.56. The van der Waals surface area contributed by atoms with Gasteiger partial charge in [0.2, 0.25) is 0 Å². The molecule has 1 heterocycles. The van der Waals surface area contributed by atoms with Crippen molar-refractivity contribution in [2.24, 2.45) is 0 Å². The molecule has 0 radical (unpaired) electrons. The Labute approximate surface area is 379 Å². The van der Waals surface area contributed by atoms with E-state index in [1.165, 1.54) is 57.6 Å². The van der Waals surface area contributed by atoms with Gasteiger partial charge in [0.05, 0.1) is 22.1 Å². The average molecular weight is 860 g/mol. The first-order valence-corrected chi connectivity index (χ1v) is 21.9. The van der Waals surface area contributed by atoms with Crippen LogP contribution in [0.5, 0.6) is 0 Å². The lowest BCUT2D eigenvalue weighted by atomic mass is 9.67. The number of benzene rings is 10. The Balaban J connectivity index is 1.03. The molecule has 0 fully saturated rings. The number of para-hydroxylation sites is 1. The van der Waals surface area contributed by atoms with Gasteiger partial charge >= 0.3 is 0 Å². The summed E-state index contributed by atoms with van der Waals surface area (Å²) in [5, 5.41) is 1.63. The molecule has 12 rings (SSSR count). The molecule has 0 amide bonds. The smallest absolute Gasteiger partial charge is 0.126 e. The Morgan fingerprint density at radius 2 is 0.742 bits per heavy atom. The Kier molecular flexibility index (Phi) is 9.21. The Bertz CT molecular complexity index is 3510. The summed E-state index contributed by atoms with van der Waals surface area (Å²) in [5.41, 5.74) is 15.7. The fraction of sp³-hybridized carbons (Fsp3) is 0.0164. The van der Waals surface area contributed by atoms with E-state index in [9.17, 15) is 17.6 Å². The monoisotopic (exact) mass is 859 g/mol. The lowest BCUT2D eigenvalue weighted by Gasteiger charge is -2.34. The molecule has 0 saturated carbocycles. The molecule has 1 aliphatic carbocycles. The standard InChI is InChI=1S/C61H37F4N/c62-47-29-43(30-48(63)36-47)39-23-26-59-54(33-39)55-34-40(44-31-49(64)37-50(65)32-44)24-27-60(55)66(59)58-21-10-8-18-51(58)42-13-11-12-38(28-42)41-22-25-53-52-19-7-9-20-56(52)61(57(53)35-41,45-14-3-1-4-15-45)46-16-5-2-6-17-46/h1-37H. The van der Waals surface area contributed by atoms with E-state index in [-0.39, 0.29) is 0 Å². The lowest BCUT2D eigenvalue weighted by Crippen LogP contribution is -2.28. The molecule has 5 heteroatoms. The van der Waals surface area contributed by atoms with Crippen molar-refractivity contribution in [3.05, 3.63) is 270 Å². The lowest BCUT2D eigenvalue weighted by molar-refractivity contribution is 0.583. The molecule has 0 unspecified atom stereocenters. The fourth-order valence-electron chi connectivity index (χ4n) is 10.5. The third-order valence-electron chi connectivity index (χ3n) is 13.3. The molecular formula is C61H37F4N. The third kappa shape index (κ3) is 6.30. The molecule has 1 aliphatic rings. The molecule has 0 aliphatic heterocycles. The largest absolute Gasteiger partial charge is 0.309 e. The van der Waals surface area contributed by atoms with Gasteiger partial charge in [0, 0.05) is 28.5 Å². The van der Waals surface area contributed by atoms with Crippen molar-refractivity contribution in [3.8, 4) is 61.3 Å². The minimum atomic E-state index is -0.671. The topological polar surface area (TPSA) is 4.93 Å². The van der Waals surface area contributed by atoms with Gasteiger partial charge < -0.3 is 4.57 Å². The van der Waals surface area contributed by atoms with E-state index in [4.69, 9.17) is 0 Å². The first kappa shape index (κ1) is 39.3. The van der Waals surface area contributed by atoms with Crippen LogP contribution in [0, 0.1) is 23.3 Å². The van der Waals surface area contributed by atoms with Gasteiger partial charge in [-0.15, -0.1) is 0 Å². The van der Waals surface area contributed by atoms with Gasteiger partial charge in [-0.2, -0.15) is 0 Å². The van der Waals surface area contributed by atoms with Crippen LogP contribution in [0.4, 0.5) is 17.6 Å². The number of rotatable bonds is 7. The van der Waals surface area contributed by atoms with Crippen LogP contribution in [0.3, 0.4) is 0 Å². The van der Waals surface area contributed by atoms with E-state index < -0.39 is 28.7 Å². The molecule has 66 heavy (non-hydrogen) atoms. The van der Waals surface area contributed by atoms with Gasteiger partial charge in [0.15, 0.2) is 0 Å². The first-order valence-electron chi connectivity index (χ1n) is 21.9. The highest BCUT2D eigenvalue weighted by molar-refractivity contribution is 6.12. The maximum Gasteiger partial charge on any atom is 0.126 e. The van der Waals surface area contributed by atoms with Crippen molar-refractivity contribution in [1.29, 1.82) is 0 Å². The molecular weight excluding hydrogens is 823 g/mol. The number of aromatic nitrogens is 1. The maximum atomic E-state index is 14.5. The average Bonchev–Trinajstić information content (AvgIpc) is 3.83. The number of hydrogen-bond donors (Lipinski definition) is 0. The van der Waals surface area contributed by atoms with E-state index >= 15 is 0 Å². The van der Waals surface area contributed by atoms with E-state index in [2.05, 4.69) is 144 Å². The molecule has 0 saturated heterocycles. The summed E-state index contributed by atoms with van der Waals surface area (Å²) in [7, 11) is 0. The summed E-state index contributed by atoms with van der Waals surface area (Å²) in [4.78, 5) is 0. The van der Waals surface area contributed by atoms with Gasteiger partial charge in [-0.3, -0.25) is 0 Å². The van der Waals surface area contributed by atoms with Crippen molar-refractivity contribution in [2.75, 3.05) is 0 Å². The zero-order valence-corrected chi connectivity index (χ0v) is 35.3. The SMILES string of the molecule is Fc1cc(F)cc(-c2ccc3c(c2)c2cc(-c4cc(F)cc(F)c4)ccc2n3-c2ccccc2-c2cccc(-c3ccc4c(c3)C(c3ccccc3)(c3ccccc3)c3ccccc3-4)c2)c1. The summed E-state index contributed by atoms with van der Waals surface area (Å²) in [6.45, 7) is 0. The normalized spacial score (nSPS) is 12.7. The zero-order valence-electron chi connectivity index (χ0n) is 35.3. The predicted molar refractivity (Wildman–Crippen MR) is 260 cm³/mol. The van der Waals surface area contributed by atoms with Gasteiger partial charge in [0.1, 0.15) is 23.3 Å². The van der Waals surface area contributed by atoms with Crippen LogP contribution in [0.1, 0.15) is 22.3 Å². The van der Waals surface area contributed by atoms with Gasteiger partial charge in [-0.25, -0.2) is 17.6 Å². The van der Waals surface area contributed by atoms with Crippen LogP contribution in [0.25, 0.3) is 83.1 Å². The molecule has 10 aromatic carbocycles. The van der Waals surface area contributed by atoms with Crippen LogP contribution in [-0.2, 0) is 5.41 Å². The highest BCUT2D eigenvalue weighted by atomic mass is 19.1. The molecule has 314 valence electrons. The van der Waals surface area contributed by atoms with E-state index in [0.717, 1.165) is 61.9 Å². The third-order valence-corrected chi connectivity index (χ3v) is 13.3. The molecule has 0 spiro atoms. The Morgan fingerprint density at radius 1 is 0.288 bits per heavy atom. The Morgan fingerprint density at radius 3 is 1.33 bits per heavy atom. The summed E-state index contributed by atoms with van der Waals surface area (Å²) >= 11 is 0. The highest BCUT2D eigenvalue weighted by Gasteiger charge is 2.46. The van der Waals surface area contributed by atoms with Crippen molar-refractivity contribution < 1.29 is 17.6 Å². The second-order valence-corrected chi connectivity index (χ2v) is 17.0. The molecule has 1 aromatic heterocycles. The summed E-state index contributed by atoms with van der Waals surface area (Å²) in [6, 6.07) is 72.6. The van der Waals surface area contributed by atoms with E-state index in [0.29, 0.717) is 22.3 Å². The van der Waals surface area contributed by atoms with Crippen LogP contribution in [0.15, 0.2) is 224 Å². The summed E-state index contributed by atoms with van der Waals surface area (Å²) in [5.74, 6) is -2.68. The van der Waals surface area contributed by atoms with Crippen LogP contribution in [-0.4, -0.2) is 4.57 Å². The second-order valence-electron chi connectivity index (χ2n) is 17.0. The van der Waals surface area contributed by atoms with Crippen molar-refractivity contribution in [2.45, 2.75) is 5.41 Å². The van der Waals surface area contributed by atoms with Crippen molar-refractivity contribution >= 4 is 21.8 Å². The quantitative estimate of drug-likeness (QED) is 0.141. The van der Waals surface area contributed by atoms with Gasteiger partial charge in [-0.1, -0.05) is 146 Å². The summed E-state index contributed by atoms with van der Waals surface area (Å²) in [6.07, 6.45) is 0. The van der Waals surface area contributed by atoms with Crippen LogP contribution >= 0.6 is 0 Å². The van der Waals surface area contributed by atoms with Crippen molar-refractivity contribution in [3.63, 3.8) is 0 Å². The number of hydrogen-bond acceptors (Lipinski definition) is 0. The fourth-order valence-corrected chi connectivity index (χ4v) is 10.5. The molecule has 0 N–H and O–H groups in total. The molecule has 1 nitrogen and oxygen atoms in total. The minimum Gasteiger partial charge on any atom is -0.309 e. The first-order chi connectivity index (χ1) is 32.3. The minimum absolute atomic E-state index is 0.399. The van der Waals surface area contributed by atoms with Gasteiger partial charge in [0.25, 0.3) is 0 Å². The van der Waals surface area contributed by atoms with E-state index in [1.807, 2.05) is 48.5 Å². The van der Waals surface area contributed by atoms with E-state index in [1.54, 1.807) is 0 Å². The van der Waals surface area contributed by atoms with Gasteiger partial charge in [-0.05, 0) is 139 Å². The van der Waals surface area contributed by atoms with Crippen molar-refractivity contribution in [1.82, 2.24) is 4.57 Å². The maximum absolute atomic E-state index is 14.5. The Hall–Kier alpha value is -8.28. The molecule has 0 atom stereocenters. The molecule has 0 bridgehead atoms. The zero-order chi connectivity index (χ0) is 44.5. The number of fused-ring (bicyclic) bond motifs is 6. The number of halogens is 4. The number of nitrogens with zero attached hydrogens (tertiary/aromatic N) is 1. The van der Waals surface area contributed by atoms with Crippen LogP contribution < -0.4 is 0 Å².